The second-order valence-electron chi connectivity index (χ2n) is 7.09. The fourth-order valence-electron chi connectivity index (χ4n) is 3.01. The molecule has 2 heterocycles. The number of hydrogen-bond acceptors (Lipinski definition) is 4. The van der Waals surface area contributed by atoms with Gasteiger partial charge in [0.2, 0.25) is 0 Å². The zero-order valence-electron chi connectivity index (χ0n) is 16.3. The molecule has 4 rings (SSSR count). The van der Waals surface area contributed by atoms with Gasteiger partial charge in [-0.25, -0.2) is 4.98 Å². The Morgan fingerprint density at radius 3 is 2.45 bits per heavy atom. The molecule has 0 aliphatic carbocycles. The van der Waals surface area contributed by atoms with E-state index >= 15 is 0 Å². The summed E-state index contributed by atoms with van der Waals surface area (Å²) in [7, 11) is 0. The number of nitrogens with zero attached hydrogens (tertiary/aromatic N) is 2. The van der Waals surface area contributed by atoms with Crippen LogP contribution < -0.4 is 5.32 Å². The minimum Gasteiger partial charge on any atom is -0.322 e. The fourth-order valence-corrected chi connectivity index (χ4v) is 3.85. The van der Waals surface area contributed by atoms with Crippen LogP contribution in [0.3, 0.4) is 0 Å². The van der Waals surface area contributed by atoms with Crippen molar-refractivity contribution in [3.63, 3.8) is 0 Å². The van der Waals surface area contributed by atoms with Crippen LogP contribution in [0.25, 0.3) is 21.8 Å². The molecule has 0 saturated carbocycles. The lowest BCUT2D eigenvalue weighted by atomic mass is 10.0. The molecule has 1 amide bonds. The SMILES string of the molecule is CC(C)c1ccc(C(=O)Nc2cccc(-c3csc(-c4ccncc4)n3)c2)cc1. The first-order chi connectivity index (χ1) is 14.1. The molecule has 0 aliphatic rings. The third-order valence-corrected chi connectivity index (χ3v) is 5.58. The smallest absolute Gasteiger partial charge is 0.255 e. The second-order valence-corrected chi connectivity index (χ2v) is 7.94. The van der Waals surface area contributed by atoms with E-state index < -0.39 is 0 Å². The summed E-state index contributed by atoms with van der Waals surface area (Å²) in [4.78, 5) is 21.4. The number of hydrogen-bond donors (Lipinski definition) is 1. The van der Waals surface area contributed by atoms with Crippen LogP contribution in [-0.2, 0) is 0 Å². The standard InChI is InChI=1S/C24H21N3OS/c1-16(2)17-6-8-18(9-7-17)23(28)26-21-5-3-4-20(14-21)22-15-29-24(27-22)19-10-12-25-13-11-19/h3-16H,1-2H3,(H,26,28). The fraction of sp³-hybridized carbons (Fsp3) is 0.125. The van der Waals surface area contributed by atoms with Crippen molar-refractivity contribution in [2.75, 3.05) is 5.32 Å². The number of carbonyl (C=O) groups excluding carboxylic acids is 1. The minimum atomic E-state index is -0.117. The summed E-state index contributed by atoms with van der Waals surface area (Å²) in [6.07, 6.45) is 3.53. The Morgan fingerprint density at radius 2 is 1.72 bits per heavy atom. The molecule has 4 nitrogen and oxygen atoms in total. The number of carbonyl (C=O) groups is 1. The molecule has 1 N–H and O–H groups in total. The number of nitrogens with one attached hydrogen (secondary N) is 1. The van der Waals surface area contributed by atoms with Gasteiger partial charge in [0.05, 0.1) is 5.69 Å². The van der Waals surface area contributed by atoms with Crippen LogP contribution in [0.1, 0.15) is 35.7 Å². The average Bonchev–Trinajstić information content (AvgIpc) is 3.25. The van der Waals surface area contributed by atoms with Gasteiger partial charge in [-0.2, -0.15) is 0 Å². The highest BCUT2D eigenvalue weighted by Crippen LogP contribution is 2.29. The lowest BCUT2D eigenvalue weighted by molar-refractivity contribution is 0.102. The summed E-state index contributed by atoms with van der Waals surface area (Å²) >= 11 is 1.59. The van der Waals surface area contributed by atoms with E-state index in [4.69, 9.17) is 4.98 Å². The van der Waals surface area contributed by atoms with Gasteiger partial charge < -0.3 is 5.32 Å². The van der Waals surface area contributed by atoms with Gasteiger partial charge in [-0.3, -0.25) is 9.78 Å². The molecule has 5 heteroatoms. The van der Waals surface area contributed by atoms with Gasteiger partial charge in [0, 0.05) is 40.2 Å². The van der Waals surface area contributed by atoms with Crippen molar-refractivity contribution in [3.05, 3.63) is 89.6 Å². The number of thiazole rings is 1. The van der Waals surface area contributed by atoms with Crippen LogP contribution in [0.4, 0.5) is 5.69 Å². The molecule has 0 unspecified atom stereocenters. The normalized spacial score (nSPS) is 10.9. The molecule has 144 valence electrons. The third kappa shape index (κ3) is 4.41. The molecule has 2 aromatic heterocycles. The summed E-state index contributed by atoms with van der Waals surface area (Å²) in [5, 5.41) is 5.96. The molecule has 0 spiro atoms. The second kappa shape index (κ2) is 8.37. The van der Waals surface area contributed by atoms with Gasteiger partial charge >= 0.3 is 0 Å². The Hall–Kier alpha value is -3.31. The molecular formula is C24H21N3OS. The van der Waals surface area contributed by atoms with Crippen molar-refractivity contribution in [2.24, 2.45) is 0 Å². The Morgan fingerprint density at radius 1 is 0.966 bits per heavy atom. The third-order valence-electron chi connectivity index (χ3n) is 4.69. The lowest BCUT2D eigenvalue weighted by Gasteiger charge is -2.09. The minimum absolute atomic E-state index is 0.117. The lowest BCUT2D eigenvalue weighted by Crippen LogP contribution is -2.11. The Balaban J connectivity index is 1.52. The molecule has 4 aromatic rings. The van der Waals surface area contributed by atoms with E-state index in [1.807, 2.05) is 66.0 Å². The molecule has 0 aliphatic heterocycles. The van der Waals surface area contributed by atoms with E-state index in [1.165, 1.54) is 5.56 Å². The van der Waals surface area contributed by atoms with Crippen LogP contribution in [-0.4, -0.2) is 15.9 Å². The van der Waals surface area contributed by atoms with E-state index in [0.717, 1.165) is 27.5 Å². The van der Waals surface area contributed by atoms with Crippen LogP contribution in [0.15, 0.2) is 78.4 Å². The van der Waals surface area contributed by atoms with Crippen LogP contribution in [0.5, 0.6) is 0 Å². The van der Waals surface area contributed by atoms with Gasteiger partial charge in [-0.1, -0.05) is 38.1 Å². The zero-order valence-corrected chi connectivity index (χ0v) is 17.1. The predicted octanol–water partition coefficient (Wildman–Crippen LogP) is 6.25. The molecule has 2 aromatic carbocycles. The Kier molecular flexibility index (Phi) is 5.49. The Labute approximate surface area is 174 Å². The van der Waals surface area contributed by atoms with Gasteiger partial charge in [-0.05, 0) is 47.9 Å². The topological polar surface area (TPSA) is 54.9 Å². The summed E-state index contributed by atoms with van der Waals surface area (Å²) in [5.41, 5.74) is 5.52. The first kappa shape index (κ1) is 19.0. The first-order valence-electron chi connectivity index (χ1n) is 9.48. The van der Waals surface area contributed by atoms with Crippen molar-refractivity contribution >= 4 is 22.9 Å². The highest BCUT2D eigenvalue weighted by molar-refractivity contribution is 7.13. The van der Waals surface area contributed by atoms with E-state index in [1.54, 1.807) is 23.7 Å². The van der Waals surface area contributed by atoms with Gasteiger partial charge in [0.25, 0.3) is 5.91 Å². The summed E-state index contributed by atoms with van der Waals surface area (Å²) in [6, 6.07) is 19.4. The molecule has 0 saturated heterocycles. The first-order valence-corrected chi connectivity index (χ1v) is 10.4. The predicted molar refractivity (Wildman–Crippen MR) is 119 cm³/mol. The van der Waals surface area contributed by atoms with Crippen molar-refractivity contribution in [2.45, 2.75) is 19.8 Å². The molecular weight excluding hydrogens is 378 g/mol. The van der Waals surface area contributed by atoms with Crippen LogP contribution in [0, 0.1) is 0 Å². The maximum absolute atomic E-state index is 12.6. The van der Waals surface area contributed by atoms with E-state index in [0.29, 0.717) is 11.5 Å². The Bertz CT molecular complexity index is 1120. The van der Waals surface area contributed by atoms with Gasteiger partial charge in [0.1, 0.15) is 5.01 Å². The van der Waals surface area contributed by atoms with Crippen molar-refractivity contribution < 1.29 is 4.79 Å². The summed E-state index contributed by atoms with van der Waals surface area (Å²) in [5.74, 6) is 0.326. The van der Waals surface area contributed by atoms with Gasteiger partial charge in [0.15, 0.2) is 0 Å². The molecule has 0 atom stereocenters. The maximum Gasteiger partial charge on any atom is 0.255 e. The molecule has 0 fully saturated rings. The van der Waals surface area contributed by atoms with E-state index in [2.05, 4.69) is 24.1 Å². The van der Waals surface area contributed by atoms with E-state index in [-0.39, 0.29) is 5.91 Å². The average molecular weight is 400 g/mol. The molecule has 29 heavy (non-hydrogen) atoms. The van der Waals surface area contributed by atoms with E-state index in [9.17, 15) is 4.79 Å². The quantitative estimate of drug-likeness (QED) is 0.432. The number of pyridine rings is 1. The van der Waals surface area contributed by atoms with Crippen molar-refractivity contribution in [1.29, 1.82) is 0 Å². The highest BCUT2D eigenvalue weighted by atomic mass is 32.1. The summed E-state index contributed by atoms with van der Waals surface area (Å²) in [6.45, 7) is 4.28. The number of aromatic nitrogens is 2. The molecule has 0 bridgehead atoms. The number of amides is 1. The monoisotopic (exact) mass is 399 g/mol. The number of rotatable bonds is 5. The van der Waals surface area contributed by atoms with Crippen molar-refractivity contribution in [3.8, 4) is 21.8 Å². The maximum atomic E-state index is 12.6. The molecule has 0 radical (unpaired) electrons. The van der Waals surface area contributed by atoms with Crippen molar-refractivity contribution in [1.82, 2.24) is 9.97 Å². The van der Waals surface area contributed by atoms with Gasteiger partial charge in [-0.15, -0.1) is 11.3 Å². The highest BCUT2D eigenvalue weighted by Gasteiger charge is 2.10. The van der Waals surface area contributed by atoms with Crippen LogP contribution >= 0.6 is 11.3 Å². The number of benzene rings is 2. The van der Waals surface area contributed by atoms with Crippen LogP contribution in [0.2, 0.25) is 0 Å². The largest absolute Gasteiger partial charge is 0.322 e. The zero-order chi connectivity index (χ0) is 20.2. The summed E-state index contributed by atoms with van der Waals surface area (Å²) < 4.78 is 0. The number of anilines is 1.